The highest BCUT2D eigenvalue weighted by Crippen LogP contribution is 2.50. The molecule has 2 aliphatic heterocycles. The van der Waals surface area contributed by atoms with Crippen LogP contribution in [0, 0.1) is 0 Å². The molecule has 0 aliphatic carbocycles. The fourth-order valence-corrected chi connectivity index (χ4v) is 6.17. The van der Waals surface area contributed by atoms with Gasteiger partial charge in [-0.05, 0) is 31.5 Å². The summed E-state index contributed by atoms with van der Waals surface area (Å²) in [6.45, 7) is 3.81. The van der Waals surface area contributed by atoms with Gasteiger partial charge in [0, 0.05) is 40.0 Å². The first-order chi connectivity index (χ1) is 16.7. The van der Waals surface area contributed by atoms with Crippen molar-refractivity contribution in [2.45, 2.75) is 44.2 Å². The number of rotatable bonds is 2. The maximum absolute atomic E-state index is 13.2. The number of fused-ring (bicyclic) bond motifs is 10. The number of aliphatic hydroxyl groups is 1. The lowest BCUT2D eigenvalue weighted by Gasteiger charge is -2.31. The van der Waals surface area contributed by atoms with Crippen LogP contribution in [0.3, 0.4) is 0 Å². The molecule has 35 heavy (non-hydrogen) atoms. The van der Waals surface area contributed by atoms with Crippen molar-refractivity contribution in [3.8, 4) is 0 Å². The smallest absolute Gasteiger partial charge is 0.252 e. The van der Waals surface area contributed by atoms with E-state index >= 15 is 0 Å². The van der Waals surface area contributed by atoms with E-state index in [1.165, 1.54) is 0 Å². The Bertz CT molecular complexity index is 1760. The molecule has 0 unspecified atom stereocenters. The Kier molecular flexibility index (Phi) is 3.75. The van der Waals surface area contributed by atoms with Gasteiger partial charge in [0.05, 0.1) is 22.1 Å². The molecule has 2 atom stereocenters. The van der Waals surface area contributed by atoms with Crippen LogP contribution < -0.4 is 11.1 Å². The average molecular weight is 469 g/mol. The molecular formula is C27H24N4O4. The van der Waals surface area contributed by atoms with Gasteiger partial charge in [0.2, 0.25) is 0 Å². The lowest BCUT2D eigenvalue weighted by atomic mass is 9.84. The number of nitrogens with one attached hydrogen (secondary N) is 2. The van der Waals surface area contributed by atoms with Crippen LogP contribution in [-0.4, -0.2) is 37.7 Å². The summed E-state index contributed by atoms with van der Waals surface area (Å²) in [5, 5.41) is 18.0. The van der Waals surface area contributed by atoms with Crippen LogP contribution in [-0.2, 0) is 16.1 Å². The molecule has 0 spiro atoms. The second-order valence-corrected chi connectivity index (χ2v) is 10.1. The largest absolute Gasteiger partial charge is 0.377 e. The molecule has 7 rings (SSSR count). The lowest BCUT2D eigenvalue weighted by Crippen LogP contribution is -2.55. The molecule has 176 valence electrons. The number of hydrogen-bond acceptors (Lipinski definition) is 4. The molecule has 5 N–H and O–H groups in total. The van der Waals surface area contributed by atoms with Gasteiger partial charge in [0.25, 0.3) is 11.8 Å². The zero-order chi connectivity index (χ0) is 24.3. The molecule has 0 saturated carbocycles. The van der Waals surface area contributed by atoms with Crippen molar-refractivity contribution in [1.82, 2.24) is 14.9 Å². The third kappa shape index (κ3) is 2.38. The van der Waals surface area contributed by atoms with E-state index in [4.69, 9.17) is 10.5 Å². The van der Waals surface area contributed by atoms with Crippen LogP contribution in [0.2, 0.25) is 0 Å². The number of aromatic amines is 1. The second-order valence-electron chi connectivity index (χ2n) is 10.1. The zero-order valence-electron chi connectivity index (χ0n) is 19.3. The van der Waals surface area contributed by atoms with Crippen LogP contribution in [0.5, 0.6) is 0 Å². The van der Waals surface area contributed by atoms with Crippen LogP contribution in [0.4, 0.5) is 0 Å². The number of nitrogens with two attached hydrogens (primary N) is 1. The van der Waals surface area contributed by atoms with Crippen LogP contribution in [0.1, 0.15) is 42.4 Å². The maximum Gasteiger partial charge on any atom is 0.252 e. The molecule has 5 aromatic rings. The van der Waals surface area contributed by atoms with Gasteiger partial charge in [-0.25, -0.2) is 0 Å². The predicted molar refractivity (Wildman–Crippen MR) is 133 cm³/mol. The van der Waals surface area contributed by atoms with E-state index in [-0.39, 0.29) is 12.3 Å². The number of H-pyrrole nitrogens is 1. The molecule has 2 aliphatic rings. The molecule has 1 saturated heterocycles. The van der Waals surface area contributed by atoms with E-state index in [2.05, 4.69) is 16.4 Å². The first-order valence-corrected chi connectivity index (χ1v) is 11.7. The fraction of sp³-hybridized carbons (Fsp3) is 0.259. The topological polar surface area (TPSA) is 122 Å². The summed E-state index contributed by atoms with van der Waals surface area (Å²) in [4.78, 5) is 29.1. The summed E-state index contributed by atoms with van der Waals surface area (Å²) in [6.07, 6.45) is -0.685. The van der Waals surface area contributed by atoms with Crippen molar-refractivity contribution < 1.29 is 19.4 Å². The highest BCUT2D eigenvalue weighted by atomic mass is 16.6. The van der Waals surface area contributed by atoms with Gasteiger partial charge in [-0.2, -0.15) is 0 Å². The molecule has 3 aromatic carbocycles. The quantitative estimate of drug-likeness (QED) is 0.316. The minimum atomic E-state index is -1.84. The van der Waals surface area contributed by atoms with Crippen LogP contribution in [0.15, 0.2) is 48.5 Å². The number of nitrogens with zero attached hydrogens (tertiary/aromatic N) is 1. The lowest BCUT2D eigenvalue weighted by molar-refractivity contribution is -0.155. The first-order valence-electron chi connectivity index (χ1n) is 11.7. The number of aromatic nitrogens is 2. The number of primary amides is 1. The average Bonchev–Trinajstić information content (AvgIpc) is 3.54. The van der Waals surface area contributed by atoms with E-state index < -0.39 is 23.3 Å². The SMILES string of the molecule is CC1(C)O[C@@H](n2c3ccccc3c3c4c(c5c6ccccc6[nH]c5c32)CNC4=O)C[C@@]1(O)C(N)=O. The van der Waals surface area contributed by atoms with Crippen LogP contribution >= 0.6 is 0 Å². The monoisotopic (exact) mass is 468 g/mol. The summed E-state index contributed by atoms with van der Waals surface area (Å²) in [5.74, 6) is -0.928. The Hall–Kier alpha value is -3.88. The summed E-state index contributed by atoms with van der Waals surface area (Å²) in [7, 11) is 0. The Morgan fingerprint density at radius 3 is 2.57 bits per heavy atom. The molecule has 4 heterocycles. The Morgan fingerprint density at radius 2 is 1.83 bits per heavy atom. The highest BCUT2D eigenvalue weighted by Gasteiger charge is 2.58. The van der Waals surface area contributed by atoms with Crippen molar-refractivity contribution in [1.29, 1.82) is 0 Å². The number of hydrogen-bond donors (Lipinski definition) is 4. The van der Waals surface area contributed by atoms with Gasteiger partial charge in [-0.3, -0.25) is 9.59 Å². The summed E-state index contributed by atoms with van der Waals surface area (Å²) in [6, 6.07) is 15.9. The molecule has 0 radical (unpaired) electrons. The number of ether oxygens (including phenoxy) is 1. The van der Waals surface area contributed by atoms with Crippen LogP contribution in [0.25, 0.3) is 43.6 Å². The first kappa shape index (κ1) is 20.5. The van der Waals surface area contributed by atoms with E-state index in [1.54, 1.807) is 13.8 Å². The standard InChI is InChI=1S/C27H24N4O4/c1-26(2)27(34,25(28)33)11-18(35-26)31-17-10-6-4-8-14(17)20-21-15(12-29-24(21)32)19-13-7-3-5-9-16(13)30-22(19)23(20)31/h3-10,18,30,34H,11-12H2,1-2H3,(H2,28,33)(H,29,32)/t18-,27-/m1/s1. The van der Waals surface area contributed by atoms with Gasteiger partial charge in [-0.15, -0.1) is 0 Å². The van der Waals surface area contributed by atoms with Gasteiger partial charge in [-0.1, -0.05) is 36.4 Å². The molecular weight excluding hydrogens is 444 g/mol. The zero-order valence-corrected chi connectivity index (χ0v) is 19.3. The number of amides is 2. The van der Waals surface area contributed by atoms with Gasteiger partial charge in [0.1, 0.15) is 11.8 Å². The third-order valence-electron chi connectivity index (χ3n) is 7.95. The van der Waals surface area contributed by atoms with Gasteiger partial charge in [0.15, 0.2) is 5.60 Å². The fourth-order valence-electron chi connectivity index (χ4n) is 6.17. The number of benzene rings is 3. The van der Waals surface area contributed by atoms with Gasteiger partial charge >= 0.3 is 0 Å². The molecule has 8 nitrogen and oxygen atoms in total. The van der Waals surface area contributed by atoms with Crippen molar-refractivity contribution >= 4 is 55.4 Å². The minimum absolute atomic E-state index is 0.00584. The highest BCUT2D eigenvalue weighted by molar-refractivity contribution is 6.30. The van der Waals surface area contributed by atoms with E-state index in [1.807, 2.05) is 47.0 Å². The van der Waals surface area contributed by atoms with E-state index in [0.717, 1.165) is 49.2 Å². The molecule has 2 aromatic heterocycles. The van der Waals surface area contributed by atoms with Crippen molar-refractivity contribution in [3.05, 3.63) is 59.7 Å². The minimum Gasteiger partial charge on any atom is -0.377 e. The van der Waals surface area contributed by atoms with Crippen molar-refractivity contribution in [2.24, 2.45) is 5.73 Å². The predicted octanol–water partition coefficient (Wildman–Crippen LogP) is 3.59. The number of para-hydroxylation sites is 2. The Morgan fingerprint density at radius 1 is 1.11 bits per heavy atom. The number of carbonyl (C=O) groups is 2. The Labute approximate surface area is 199 Å². The van der Waals surface area contributed by atoms with Gasteiger partial charge < -0.3 is 30.4 Å². The summed E-state index contributed by atoms with van der Waals surface area (Å²) in [5.41, 5.74) is 7.75. The van der Waals surface area contributed by atoms with E-state index in [9.17, 15) is 14.7 Å². The number of carbonyl (C=O) groups excluding carboxylic acids is 2. The van der Waals surface area contributed by atoms with Crippen molar-refractivity contribution in [3.63, 3.8) is 0 Å². The maximum atomic E-state index is 13.2. The molecule has 2 amide bonds. The summed E-state index contributed by atoms with van der Waals surface area (Å²) >= 11 is 0. The Balaban J connectivity index is 1.68. The third-order valence-corrected chi connectivity index (χ3v) is 7.95. The normalized spacial score (nSPS) is 23.5. The molecule has 1 fully saturated rings. The molecule has 0 bridgehead atoms. The van der Waals surface area contributed by atoms with Crippen molar-refractivity contribution in [2.75, 3.05) is 0 Å². The molecule has 8 heteroatoms. The van der Waals surface area contributed by atoms with E-state index in [0.29, 0.717) is 12.1 Å². The summed E-state index contributed by atoms with van der Waals surface area (Å²) < 4.78 is 8.36. The second kappa shape index (κ2) is 6.41.